The SMILES string of the molecule is NCc1nc(C(=O)NC2CCSCC2)cs1. The molecule has 0 aliphatic carbocycles. The van der Waals surface area contributed by atoms with Crippen molar-refractivity contribution in [3.63, 3.8) is 0 Å². The fraction of sp³-hybridized carbons (Fsp3) is 0.600. The van der Waals surface area contributed by atoms with Crippen LogP contribution >= 0.6 is 23.1 Å². The number of nitrogens with zero attached hydrogens (tertiary/aromatic N) is 1. The predicted molar refractivity (Wildman–Crippen MR) is 67.8 cm³/mol. The molecule has 1 fully saturated rings. The maximum Gasteiger partial charge on any atom is 0.270 e. The van der Waals surface area contributed by atoms with Crippen LogP contribution in [0.25, 0.3) is 0 Å². The average molecular weight is 257 g/mol. The van der Waals surface area contributed by atoms with Gasteiger partial charge in [0.15, 0.2) is 0 Å². The number of thiazole rings is 1. The molecule has 2 rings (SSSR count). The number of carbonyl (C=O) groups is 1. The van der Waals surface area contributed by atoms with Crippen molar-refractivity contribution in [2.45, 2.75) is 25.4 Å². The quantitative estimate of drug-likeness (QED) is 0.854. The number of amides is 1. The fourth-order valence-corrected chi connectivity index (χ4v) is 3.37. The lowest BCUT2D eigenvalue weighted by atomic mass is 10.1. The van der Waals surface area contributed by atoms with Gasteiger partial charge in [-0.05, 0) is 24.3 Å². The molecule has 0 radical (unpaired) electrons. The Bertz CT molecular complexity index is 361. The van der Waals surface area contributed by atoms with Gasteiger partial charge in [0, 0.05) is 18.0 Å². The Morgan fingerprint density at radius 2 is 2.31 bits per heavy atom. The lowest BCUT2D eigenvalue weighted by Gasteiger charge is -2.21. The predicted octanol–water partition coefficient (Wildman–Crippen LogP) is 1.23. The zero-order chi connectivity index (χ0) is 11.4. The first-order valence-corrected chi connectivity index (χ1v) is 7.36. The third-order valence-corrected chi connectivity index (χ3v) is 4.44. The molecule has 1 aliphatic rings. The number of nitrogens with one attached hydrogen (secondary N) is 1. The number of hydrogen-bond donors (Lipinski definition) is 2. The van der Waals surface area contributed by atoms with E-state index in [9.17, 15) is 4.79 Å². The van der Waals surface area contributed by atoms with Gasteiger partial charge in [0.25, 0.3) is 5.91 Å². The molecule has 1 aromatic rings. The second-order valence-corrected chi connectivity index (χ2v) is 5.86. The normalized spacial score (nSPS) is 17.3. The van der Waals surface area contributed by atoms with Gasteiger partial charge in [-0.25, -0.2) is 4.98 Å². The fourth-order valence-electron chi connectivity index (χ4n) is 1.61. The standard InChI is InChI=1S/C10H15N3OS2/c11-5-9-13-8(6-16-9)10(14)12-7-1-3-15-4-2-7/h6-7H,1-5,11H2,(H,12,14). The Morgan fingerprint density at radius 1 is 1.56 bits per heavy atom. The molecule has 1 amide bonds. The van der Waals surface area contributed by atoms with E-state index in [4.69, 9.17) is 5.73 Å². The van der Waals surface area contributed by atoms with Crippen molar-refractivity contribution in [3.05, 3.63) is 16.1 Å². The van der Waals surface area contributed by atoms with Gasteiger partial charge in [-0.2, -0.15) is 11.8 Å². The highest BCUT2D eigenvalue weighted by Gasteiger charge is 2.18. The van der Waals surface area contributed by atoms with E-state index in [2.05, 4.69) is 10.3 Å². The van der Waals surface area contributed by atoms with Crippen LogP contribution in [0.3, 0.4) is 0 Å². The molecule has 6 heteroatoms. The monoisotopic (exact) mass is 257 g/mol. The van der Waals surface area contributed by atoms with Gasteiger partial charge in [0.05, 0.1) is 0 Å². The van der Waals surface area contributed by atoms with Crippen LogP contribution in [0.4, 0.5) is 0 Å². The molecule has 88 valence electrons. The molecule has 0 aromatic carbocycles. The molecule has 0 bridgehead atoms. The van der Waals surface area contributed by atoms with E-state index < -0.39 is 0 Å². The van der Waals surface area contributed by atoms with Crippen molar-refractivity contribution >= 4 is 29.0 Å². The van der Waals surface area contributed by atoms with Crippen molar-refractivity contribution in [2.75, 3.05) is 11.5 Å². The van der Waals surface area contributed by atoms with E-state index in [1.165, 1.54) is 11.3 Å². The molecule has 1 aromatic heterocycles. The molecule has 4 nitrogen and oxygen atoms in total. The van der Waals surface area contributed by atoms with Crippen LogP contribution in [-0.2, 0) is 6.54 Å². The van der Waals surface area contributed by atoms with Crippen LogP contribution in [0, 0.1) is 0 Å². The molecular formula is C10H15N3OS2. The molecule has 0 saturated carbocycles. The number of rotatable bonds is 3. The maximum absolute atomic E-state index is 11.8. The highest BCUT2D eigenvalue weighted by Crippen LogP contribution is 2.17. The number of thioether (sulfide) groups is 1. The van der Waals surface area contributed by atoms with E-state index in [0.29, 0.717) is 18.3 Å². The minimum atomic E-state index is -0.0622. The Balaban J connectivity index is 1.91. The number of hydrogen-bond acceptors (Lipinski definition) is 5. The third-order valence-electron chi connectivity index (χ3n) is 2.52. The maximum atomic E-state index is 11.8. The van der Waals surface area contributed by atoms with Crippen LogP contribution in [-0.4, -0.2) is 28.4 Å². The average Bonchev–Trinajstić information content (AvgIpc) is 2.79. The summed E-state index contributed by atoms with van der Waals surface area (Å²) >= 11 is 3.39. The van der Waals surface area contributed by atoms with Crippen LogP contribution in [0.5, 0.6) is 0 Å². The number of carbonyl (C=O) groups excluding carboxylic acids is 1. The summed E-state index contributed by atoms with van der Waals surface area (Å²) in [5.41, 5.74) is 5.96. The Hall–Kier alpha value is -0.590. The Morgan fingerprint density at radius 3 is 2.94 bits per heavy atom. The summed E-state index contributed by atoms with van der Waals surface area (Å²) in [6.07, 6.45) is 2.12. The van der Waals surface area contributed by atoms with E-state index >= 15 is 0 Å². The topological polar surface area (TPSA) is 68.0 Å². The summed E-state index contributed by atoms with van der Waals surface area (Å²) in [5, 5.41) is 5.61. The second-order valence-electron chi connectivity index (χ2n) is 3.69. The van der Waals surface area contributed by atoms with Crippen molar-refractivity contribution in [1.82, 2.24) is 10.3 Å². The third kappa shape index (κ3) is 2.96. The molecule has 0 unspecified atom stereocenters. The molecule has 1 aliphatic heterocycles. The molecular weight excluding hydrogens is 242 g/mol. The van der Waals surface area contributed by atoms with E-state index in [0.717, 1.165) is 29.4 Å². The lowest BCUT2D eigenvalue weighted by Crippen LogP contribution is -2.37. The molecule has 2 heterocycles. The van der Waals surface area contributed by atoms with Crippen LogP contribution in [0.2, 0.25) is 0 Å². The summed E-state index contributed by atoms with van der Waals surface area (Å²) in [6, 6.07) is 0.316. The summed E-state index contributed by atoms with van der Waals surface area (Å²) in [7, 11) is 0. The van der Waals surface area contributed by atoms with Gasteiger partial charge in [-0.1, -0.05) is 0 Å². The molecule has 0 spiro atoms. The van der Waals surface area contributed by atoms with Gasteiger partial charge in [-0.3, -0.25) is 4.79 Å². The first-order chi connectivity index (χ1) is 7.79. The van der Waals surface area contributed by atoms with E-state index in [1.54, 1.807) is 5.38 Å². The Kier molecular flexibility index (Phi) is 4.20. The first kappa shape index (κ1) is 11.9. The minimum Gasteiger partial charge on any atom is -0.348 e. The lowest BCUT2D eigenvalue weighted by molar-refractivity contribution is 0.0930. The zero-order valence-corrected chi connectivity index (χ0v) is 10.6. The van der Waals surface area contributed by atoms with E-state index in [1.807, 2.05) is 11.8 Å². The summed E-state index contributed by atoms with van der Waals surface area (Å²) in [5.74, 6) is 2.21. The Labute approximate surface area is 103 Å². The summed E-state index contributed by atoms with van der Waals surface area (Å²) in [4.78, 5) is 16.0. The highest BCUT2D eigenvalue weighted by atomic mass is 32.2. The van der Waals surface area contributed by atoms with Crippen LogP contribution < -0.4 is 11.1 Å². The van der Waals surface area contributed by atoms with Gasteiger partial charge in [0.1, 0.15) is 10.7 Å². The number of aromatic nitrogens is 1. The smallest absolute Gasteiger partial charge is 0.270 e. The van der Waals surface area contributed by atoms with Gasteiger partial charge >= 0.3 is 0 Å². The molecule has 3 N–H and O–H groups in total. The van der Waals surface area contributed by atoms with Crippen molar-refractivity contribution in [3.8, 4) is 0 Å². The molecule has 16 heavy (non-hydrogen) atoms. The van der Waals surface area contributed by atoms with Crippen molar-refractivity contribution in [1.29, 1.82) is 0 Å². The first-order valence-electron chi connectivity index (χ1n) is 5.32. The molecule has 0 atom stereocenters. The van der Waals surface area contributed by atoms with Crippen molar-refractivity contribution in [2.24, 2.45) is 5.73 Å². The zero-order valence-electron chi connectivity index (χ0n) is 8.94. The summed E-state index contributed by atoms with van der Waals surface area (Å²) < 4.78 is 0. The second kappa shape index (κ2) is 5.65. The largest absolute Gasteiger partial charge is 0.348 e. The van der Waals surface area contributed by atoms with Gasteiger partial charge < -0.3 is 11.1 Å². The van der Waals surface area contributed by atoms with E-state index in [-0.39, 0.29) is 5.91 Å². The molecule has 1 saturated heterocycles. The van der Waals surface area contributed by atoms with Gasteiger partial charge in [-0.15, -0.1) is 11.3 Å². The van der Waals surface area contributed by atoms with Gasteiger partial charge in [0.2, 0.25) is 0 Å². The van der Waals surface area contributed by atoms with Crippen LogP contribution in [0.1, 0.15) is 28.3 Å². The van der Waals surface area contributed by atoms with Crippen molar-refractivity contribution < 1.29 is 4.79 Å². The highest BCUT2D eigenvalue weighted by molar-refractivity contribution is 7.99. The summed E-state index contributed by atoms with van der Waals surface area (Å²) in [6.45, 7) is 0.401. The number of nitrogens with two attached hydrogens (primary N) is 1. The van der Waals surface area contributed by atoms with Crippen LogP contribution in [0.15, 0.2) is 5.38 Å². The minimum absolute atomic E-state index is 0.0622.